The number of aromatic nitrogens is 1. The standard InChI is InChI=1S/C31H34N4O4S/c1-31(2,3)40(37)35-18-24-16-26(30(36)32-17-22-11-12-27-28(15-22)39-20-38-27)33-29(25(24)19-35)23-10-6-8-21(14-23)9-7-13-34(4)5/h6,8,10-12,14-16H,13,17-20H2,1-5H3,(H,32,36). The number of benzene rings is 2. The van der Waals surface area contributed by atoms with Crippen molar-refractivity contribution in [1.29, 1.82) is 0 Å². The summed E-state index contributed by atoms with van der Waals surface area (Å²) in [6, 6.07) is 15.3. The zero-order valence-corrected chi connectivity index (χ0v) is 24.4. The van der Waals surface area contributed by atoms with E-state index in [4.69, 9.17) is 14.5 Å². The highest BCUT2D eigenvalue weighted by Gasteiger charge is 2.33. The van der Waals surface area contributed by atoms with E-state index in [1.54, 1.807) is 0 Å². The summed E-state index contributed by atoms with van der Waals surface area (Å²) in [5.74, 6) is 7.48. The Labute approximate surface area is 238 Å². The van der Waals surface area contributed by atoms with Gasteiger partial charge in [0.1, 0.15) is 16.7 Å². The quantitative estimate of drug-likeness (QED) is 0.459. The van der Waals surface area contributed by atoms with Crippen LogP contribution in [0.3, 0.4) is 0 Å². The van der Waals surface area contributed by atoms with Crippen LogP contribution in [0.15, 0.2) is 48.5 Å². The third-order valence-electron chi connectivity index (χ3n) is 6.54. The van der Waals surface area contributed by atoms with Gasteiger partial charge in [0.05, 0.1) is 17.0 Å². The molecule has 40 heavy (non-hydrogen) atoms. The molecule has 208 valence electrons. The SMILES string of the molecule is CN(C)CC#Cc1cccc(-c2nc(C(=O)NCc3ccc4c(c3)OCO4)cc3c2CN(S(=O)C(C)(C)C)C3)c1. The zero-order valence-electron chi connectivity index (χ0n) is 23.5. The van der Waals surface area contributed by atoms with Gasteiger partial charge in [-0.15, -0.1) is 0 Å². The van der Waals surface area contributed by atoms with Gasteiger partial charge in [0, 0.05) is 30.8 Å². The minimum Gasteiger partial charge on any atom is -0.454 e. The van der Waals surface area contributed by atoms with Crippen molar-refractivity contribution in [2.45, 2.75) is 45.2 Å². The predicted octanol–water partition coefficient (Wildman–Crippen LogP) is 4.10. The molecular weight excluding hydrogens is 524 g/mol. The fraction of sp³-hybridized carbons (Fsp3) is 0.355. The van der Waals surface area contributed by atoms with Crippen molar-refractivity contribution in [1.82, 2.24) is 19.5 Å². The summed E-state index contributed by atoms with van der Waals surface area (Å²) >= 11 is 0. The summed E-state index contributed by atoms with van der Waals surface area (Å²) in [4.78, 5) is 20.2. The Balaban J connectivity index is 1.46. The van der Waals surface area contributed by atoms with E-state index in [1.807, 2.05) is 92.6 Å². The molecule has 3 heterocycles. The van der Waals surface area contributed by atoms with E-state index >= 15 is 0 Å². The Morgan fingerprint density at radius 2 is 1.90 bits per heavy atom. The first-order chi connectivity index (χ1) is 19.1. The molecule has 1 atom stereocenters. The number of pyridine rings is 1. The minimum atomic E-state index is -1.21. The smallest absolute Gasteiger partial charge is 0.270 e. The summed E-state index contributed by atoms with van der Waals surface area (Å²) in [7, 11) is 2.75. The van der Waals surface area contributed by atoms with Crippen LogP contribution in [-0.4, -0.2) is 56.5 Å². The van der Waals surface area contributed by atoms with Crippen LogP contribution in [0.25, 0.3) is 11.3 Å². The Morgan fingerprint density at radius 3 is 2.67 bits per heavy atom. The summed E-state index contributed by atoms with van der Waals surface area (Å²) in [5.41, 5.74) is 5.64. The second-order valence-electron chi connectivity index (χ2n) is 11.1. The average Bonchev–Trinajstić information content (AvgIpc) is 3.56. The number of amides is 1. The maximum Gasteiger partial charge on any atom is 0.270 e. The van der Waals surface area contributed by atoms with Crippen LogP contribution in [0, 0.1) is 11.8 Å². The molecule has 0 bridgehead atoms. The van der Waals surface area contributed by atoms with E-state index in [2.05, 4.69) is 17.2 Å². The Bertz CT molecular complexity index is 1530. The molecular formula is C31H34N4O4S. The van der Waals surface area contributed by atoms with Gasteiger partial charge in [0.2, 0.25) is 6.79 Å². The van der Waals surface area contributed by atoms with Crippen molar-refractivity contribution >= 4 is 16.9 Å². The van der Waals surface area contributed by atoms with Gasteiger partial charge < -0.3 is 14.8 Å². The summed E-state index contributed by atoms with van der Waals surface area (Å²) in [6.07, 6.45) is 0. The highest BCUT2D eigenvalue weighted by atomic mass is 32.2. The van der Waals surface area contributed by atoms with Crippen molar-refractivity contribution in [3.05, 3.63) is 76.5 Å². The molecule has 0 fully saturated rings. The van der Waals surface area contributed by atoms with Crippen molar-refractivity contribution < 1.29 is 18.5 Å². The zero-order chi connectivity index (χ0) is 28.4. The molecule has 1 amide bonds. The Hall–Kier alpha value is -3.71. The summed E-state index contributed by atoms with van der Waals surface area (Å²) < 4.78 is 25.6. The molecule has 0 spiro atoms. The van der Waals surface area contributed by atoms with Crippen molar-refractivity contribution in [2.75, 3.05) is 27.4 Å². The maximum absolute atomic E-state index is 13.4. The minimum absolute atomic E-state index is 0.201. The van der Waals surface area contributed by atoms with Gasteiger partial charge in [-0.3, -0.25) is 9.69 Å². The van der Waals surface area contributed by atoms with E-state index in [9.17, 15) is 9.00 Å². The normalized spacial score (nSPS) is 14.9. The highest BCUT2D eigenvalue weighted by molar-refractivity contribution is 7.84. The first-order valence-electron chi connectivity index (χ1n) is 13.2. The second-order valence-corrected chi connectivity index (χ2v) is 13.4. The molecule has 0 aliphatic carbocycles. The molecule has 9 heteroatoms. The predicted molar refractivity (Wildman–Crippen MR) is 156 cm³/mol. The fourth-order valence-electron chi connectivity index (χ4n) is 4.59. The largest absolute Gasteiger partial charge is 0.454 e. The van der Waals surface area contributed by atoms with Gasteiger partial charge >= 0.3 is 0 Å². The molecule has 1 N–H and O–H groups in total. The van der Waals surface area contributed by atoms with Gasteiger partial charge in [-0.2, -0.15) is 0 Å². The molecule has 1 aromatic heterocycles. The number of ether oxygens (including phenoxy) is 2. The monoisotopic (exact) mass is 558 g/mol. The average molecular weight is 559 g/mol. The Morgan fingerprint density at radius 1 is 1.10 bits per heavy atom. The number of rotatable bonds is 6. The Kier molecular flexibility index (Phi) is 7.95. The lowest BCUT2D eigenvalue weighted by molar-refractivity contribution is 0.0946. The molecule has 8 nitrogen and oxygen atoms in total. The van der Waals surface area contributed by atoms with Gasteiger partial charge in [0.15, 0.2) is 11.5 Å². The lowest BCUT2D eigenvalue weighted by atomic mass is 10.00. The number of hydrogen-bond acceptors (Lipinski definition) is 6. The number of fused-ring (bicyclic) bond motifs is 2. The fourth-order valence-corrected chi connectivity index (χ4v) is 5.87. The van der Waals surface area contributed by atoms with Gasteiger partial charge in [-0.25, -0.2) is 13.5 Å². The third kappa shape index (κ3) is 6.20. The van der Waals surface area contributed by atoms with Crippen molar-refractivity contribution in [3.8, 4) is 34.6 Å². The van der Waals surface area contributed by atoms with Crippen LogP contribution in [0.1, 0.15) is 53.5 Å². The number of nitrogens with zero attached hydrogens (tertiary/aromatic N) is 3. The van der Waals surface area contributed by atoms with E-state index in [1.165, 1.54) is 0 Å². The topological polar surface area (TPSA) is 84.0 Å². The van der Waals surface area contributed by atoms with E-state index < -0.39 is 15.7 Å². The molecule has 3 aromatic rings. The highest BCUT2D eigenvalue weighted by Crippen LogP contribution is 2.35. The molecule has 1 unspecified atom stereocenters. The molecule has 0 radical (unpaired) electrons. The van der Waals surface area contributed by atoms with Crippen LogP contribution in [0.5, 0.6) is 11.5 Å². The van der Waals surface area contributed by atoms with Gasteiger partial charge in [-0.05, 0) is 81.9 Å². The third-order valence-corrected chi connectivity index (χ3v) is 8.32. The first-order valence-corrected chi connectivity index (χ1v) is 14.3. The molecule has 0 saturated heterocycles. The van der Waals surface area contributed by atoms with Crippen molar-refractivity contribution in [3.63, 3.8) is 0 Å². The molecule has 0 saturated carbocycles. The number of carbonyl (C=O) groups is 1. The number of carbonyl (C=O) groups excluding carboxylic acids is 1. The molecule has 2 aliphatic heterocycles. The lowest BCUT2D eigenvalue weighted by Gasteiger charge is -2.24. The molecule has 2 aromatic carbocycles. The lowest BCUT2D eigenvalue weighted by Crippen LogP contribution is -2.34. The summed E-state index contributed by atoms with van der Waals surface area (Å²) in [5, 5.41) is 2.99. The van der Waals surface area contributed by atoms with Gasteiger partial charge in [0.25, 0.3) is 5.91 Å². The second kappa shape index (κ2) is 11.4. The van der Waals surface area contributed by atoms with Crippen LogP contribution in [0.2, 0.25) is 0 Å². The maximum atomic E-state index is 13.4. The molecule has 2 aliphatic rings. The van der Waals surface area contributed by atoms with Crippen LogP contribution in [0.4, 0.5) is 0 Å². The van der Waals surface area contributed by atoms with Crippen LogP contribution < -0.4 is 14.8 Å². The van der Waals surface area contributed by atoms with Gasteiger partial charge in [-0.1, -0.05) is 30.0 Å². The first kappa shape index (κ1) is 27.8. The van der Waals surface area contributed by atoms with Crippen molar-refractivity contribution in [2.24, 2.45) is 0 Å². The van der Waals surface area contributed by atoms with Crippen LogP contribution >= 0.6 is 0 Å². The number of nitrogens with one attached hydrogen (secondary N) is 1. The van der Waals surface area contributed by atoms with E-state index in [0.717, 1.165) is 33.5 Å². The molecule has 5 rings (SSSR count). The number of hydrogen-bond donors (Lipinski definition) is 1. The summed E-state index contributed by atoms with van der Waals surface area (Å²) in [6.45, 7) is 8.07. The van der Waals surface area contributed by atoms with E-state index in [-0.39, 0.29) is 12.7 Å². The van der Waals surface area contributed by atoms with Crippen LogP contribution in [-0.2, 0) is 30.6 Å². The van der Waals surface area contributed by atoms with E-state index in [0.29, 0.717) is 43.4 Å².